The molecule has 23 heavy (non-hydrogen) atoms. The monoisotopic (exact) mass is 339 g/mol. The van der Waals surface area contributed by atoms with Crippen LogP contribution in [-0.4, -0.2) is 44.2 Å². The summed E-state index contributed by atoms with van der Waals surface area (Å²) in [5.74, 6) is 0.0917. The molecule has 0 radical (unpaired) electrons. The third-order valence-corrected chi connectivity index (χ3v) is 4.01. The molecule has 3 rings (SSSR count). The lowest BCUT2D eigenvalue weighted by Crippen LogP contribution is -2.47. The van der Waals surface area contributed by atoms with Crippen LogP contribution in [-0.2, 0) is 20.9 Å². The highest BCUT2D eigenvalue weighted by atomic mass is 35.5. The predicted octanol–water partition coefficient (Wildman–Crippen LogP) is 0.840. The van der Waals surface area contributed by atoms with Crippen LogP contribution in [0.3, 0.4) is 0 Å². The first-order valence-electron chi connectivity index (χ1n) is 7.73. The van der Waals surface area contributed by atoms with E-state index in [-0.39, 0.29) is 24.2 Å². The van der Waals surface area contributed by atoms with Crippen LogP contribution < -0.4 is 15.5 Å². The first kappa shape index (κ1) is 17.7. The second kappa shape index (κ2) is 8.29. The average molecular weight is 340 g/mol. The highest BCUT2D eigenvalue weighted by Gasteiger charge is 2.22. The van der Waals surface area contributed by atoms with Gasteiger partial charge in [-0.3, -0.25) is 9.59 Å². The van der Waals surface area contributed by atoms with Crippen molar-refractivity contribution in [3.63, 3.8) is 0 Å². The lowest BCUT2D eigenvalue weighted by Gasteiger charge is -2.22. The summed E-state index contributed by atoms with van der Waals surface area (Å²) in [5, 5.41) is 6.02. The molecule has 0 aliphatic carbocycles. The summed E-state index contributed by atoms with van der Waals surface area (Å²) < 4.78 is 5.41. The van der Waals surface area contributed by atoms with Crippen LogP contribution in [0.1, 0.15) is 18.4 Å². The van der Waals surface area contributed by atoms with E-state index < -0.39 is 6.10 Å². The van der Waals surface area contributed by atoms with Gasteiger partial charge in [0, 0.05) is 38.3 Å². The molecule has 0 spiro atoms. The average Bonchev–Trinajstić information content (AvgIpc) is 3.00. The SMILES string of the molecule is Cl.O=C(NCc1ccc(N2CCCC2=O)cc1)C1CNCCO1. The van der Waals surface area contributed by atoms with Gasteiger partial charge in [0.15, 0.2) is 0 Å². The molecule has 126 valence electrons. The molecule has 2 aliphatic rings. The Morgan fingerprint density at radius 3 is 2.74 bits per heavy atom. The van der Waals surface area contributed by atoms with Crippen molar-refractivity contribution < 1.29 is 14.3 Å². The van der Waals surface area contributed by atoms with Crippen molar-refractivity contribution in [1.29, 1.82) is 0 Å². The molecule has 0 saturated carbocycles. The number of carbonyl (C=O) groups is 2. The fourth-order valence-electron chi connectivity index (χ4n) is 2.75. The third kappa shape index (κ3) is 4.43. The number of anilines is 1. The van der Waals surface area contributed by atoms with Gasteiger partial charge in [0.2, 0.25) is 5.91 Å². The summed E-state index contributed by atoms with van der Waals surface area (Å²) >= 11 is 0. The van der Waals surface area contributed by atoms with Crippen LogP contribution in [0.5, 0.6) is 0 Å². The molecule has 2 amide bonds. The minimum Gasteiger partial charge on any atom is -0.366 e. The zero-order chi connectivity index (χ0) is 15.4. The fraction of sp³-hybridized carbons (Fsp3) is 0.500. The van der Waals surface area contributed by atoms with Crippen LogP contribution in [0.25, 0.3) is 0 Å². The summed E-state index contributed by atoms with van der Waals surface area (Å²) in [6.45, 7) is 3.17. The van der Waals surface area contributed by atoms with E-state index in [0.717, 1.165) is 30.8 Å². The third-order valence-electron chi connectivity index (χ3n) is 4.01. The standard InChI is InChI=1S/C16H21N3O3.ClH/c20-15-2-1-8-19(15)13-5-3-12(4-6-13)10-18-16(21)14-11-17-7-9-22-14;/h3-6,14,17H,1-2,7-11H2,(H,18,21);1H. The van der Waals surface area contributed by atoms with E-state index in [1.54, 1.807) is 0 Å². The molecular formula is C16H22ClN3O3. The van der Waals surface area contributed by atoms with Gasteiger partial charge >= 0.3 is 0 Å². The zero-order valence-electron chi connectivity index (χ0n) is 12.9. The summed E-state index contributed by atoms with van der Waals surface area (Å²) in [4.78, 5) is 25.5. The number of morpholine rings is 1. The van der Waals surface area contributed by atoms with Gasteiger partial charge in [0.1, 0.15) is 6.10 Å². The number of nitrogens with one attached hydrogen (secondary N) is 2. The molecule has 2 N–H and O–H groups in total. The molecule has 2 saturated heterocycles. The van der Waals surface area contributed by atoms with Crippen LogP contribution in [0, 0.1) is 0 Å². The van der Waals surface area contributed by atoms with E-state index >= 15 is 0 Å². The number of nitrogens with zero attached hydrogens (tertiary/aromatic N) is 1. The number of amides is 2. The van der Waals surface area contributed by atoms with Crippen LogP contribution in [0.15, 0.2) is 24.3 Å². The second-order valence-corrected chi connectivity index (χ2v) is 5.60. The number of halogens is 1. The number of benzene rings is 1. The minimum atomic E-state index is -0.407. The van der Waals surface area contributed by atoms with Gasteiger partial charge in [-0.15, -0.1) is 12.4 Å². The zero-order valence-corrected chi connectivity index (χ0v) is 13.7. The molecule has 0 bridgehead atoms. The van der Waals surface area contributed by atoms with Gasteiger partial charge in [0.05, 0.1) is 6.61 Å². The van der Waals surface area contributed by atoms with Crippen molar-refractivity contribution in [2.24, 2.45) is 0 Å². The highest BCUT2D eigenvalue weighted by molar-refractivity contribution is 5.95. The molecule has 7 heteroatoms. The van der Waals surface area contributed by atoms with Crippen LogP contribution in [0.2, 0.25) is 0 Å². The van der Waals surface area contributed by atoms with Crippen molar-refractivity contribution in [2.75, 3.05) is 31.1 Å². The Morgan fingerprint density at radius 1 is 1.35 bits per heavy atom. The summed E-state index contributed by atoms with van der Waals surface area (Å²) in [5.41, 5.74) is 1.94. The molecular weight excluding hydrogens is 318 g/mol. The van der Waals surface area contributed by atoms with E-state index in [1.807, 2.05) is 29.2 Å². The number of hydrogen-bond donors (Lipinski definition) is 2. The normalized spacial score (nSPS) is 21.0. The maximum absolute atomic E-state index is 12.0. The Kier molecular flexibility index (Phi) is 6.38. The minimum absolute atomic E-state index is 0. The Labute approximate surface area is 142 Å². The van der Waals surface area contributed by atoms with Gasteiger partial charge < -0.3 is 20.3 Å². The second-order valence-electron chi connectivity index (χ2n) is 5.60. The Hall–Kier alpha value is -1.63. The van der Waals surface area contributed by atoms with Crippen molar-refractivity contribution >= 4 is 29.9 Å². The molecule has 0 aromatic heterocycles. The van der Waals surface area contributed by atoms with E-state index in [0.29, 0.717) is 26.1 Å². The number of ether oxygens (including phenoxy) is 1. The molecule has 1 unspecified atom stereocenters. The smallest absolute Gasteiger partial charge is 0.250 e. The van der Waals surface area contributed by atoms with E-state index in [9.17, 15) is 9.59 Å². The topological polar surface area (TPSA) is 70.7 Å². The van der Waals surface area contributed by atoms with Crippen LogP contribution in [0.4, 0.5) is 5.69 Å². The van der Waals surface area contributed by atoms with E-state index in [4.69, 9.17) is 4.74 Å². The molecule has 1 atom stereocenters. The predicted molar refractivity (Wildman–Crippen MR) is 89.7 cm³/mol. The number of hydrogen-bond acceptors (Lipinski definition) is 4. The molecule has 2 fully saturated rings. The van der Waals surface area contributed by atoms with Crippen molar-refractivity contribution in [3.8, 4) is 0 Å². The van der Waals surface area contributed by atoms with Crippen LogP contribution >= 0.6 is 12.4 Å². The Bertz CT molecular complexity index is 544. The summed E-state index contributed by atoms with van der Waals surface area (Å²) in [7, 11) is 0. The van der Waals surface area contributed by atoms with Crippen molar-refractivity contribution in [2.45, 2.75) is 25.5 Å². The Morgan fingerprint density at radius 2 is 2.13 bits per heavy atom. The molecule has 6 nitrogen and oxygen atoms in total. The fourth-order valence-corrected chi connectivity index (χ4v) is 2.75. The largest absolute Gasteiger partial charge is 0.366 e. The van der Waals surface area contributed by atoms with Gasteiger partial charge in [-0.05, 0) is 24.1 Å². The Balaban J connectivity index is 0.00000192. The molecule has 2 aliphatic heterocycles. The summed E-state index contributed by atoms with van der Waals surface area (Å²) in [6.07, 6.45) is 1.15. The lowest BCUT2D eigenvalue weighted by molar-refractivity contribution is -0.134. The van der Waals surface area contributed by atoms with Crippen molar-refractivity contribution in [3.05, 3.63) is 29.8 Å². The molecule has 1 aromatic carbocycles. The highest BCUT2D eigenvalue weighted by Crippen LogP contribution is 2.21. The lowest BCUT2D eigenvalue weighted by atomic mass is 10.2. The number of rotatable bonds is 4. The number of carbonyl (C=O) groups excluding carboxylic acids is 2. The van der Waals surface area contributed by atoms with Gasteiger partial charge in [-0.1, -0.05) is 12.1 Å². The van der Waals surface area contributed by atoms with Gasteiger partial charge in [-0.25, -0.2) is 0 Å². The van der Waals surface area contributed by atoms with E-state index in [1.165, 1.54) is 0 Å². The molecule has 2 heterocycles. The first-order chi connectivity index (χ1) is 10.7. The van der Waals surface area contributed by atoms with Gasteiger partial charge in [0.25, 0.3) is 5.91 Å². The quantitative estimate of drug-likeness (QED) is 0.853. The van der Waals surface area contributed by atoms with Gasteiger partial charge in [-0.2, -0.15) is 0 Å². The first-order valence-corrected chi connectivity index (χ1v) is 7.73. The summed E-state index contributed by atoms with van der Waals surface area (Å²) in [6, 6.07) is 7.76. The van der Waals surface area contributed by atoms with E-state index in [2.05, 4.69) is 10.6 Å². The molecule has 1 aromatic rings. The van der Waals surface area contributed by atoms with Crippen molar-refractivity contribution in [1.82, 2.24) is 10.6 Å². The maximum Gasteiger partial charge on any atom is 0.250 e. The maximum atomic E-state index is 12.0.